The van der Waals surface area contributed by atoms with Crippen LogP contribution in [0.4, 0.5) is 8.78 Å². The van der Waals surface area contributed by atoms with E-state index in [1.165, 1.54) is 0 Å². The maximum absolute atomic E-state index is 12.3. The van der Waals surface area contributed by atoms with Crippen molar-refractivity contribution in [3.8, 4) is 0 Å². The van der Waals surface area contributed by atoms with E-state index in [0.29, 0.717) is 0 Å². The fourth-order valence-electron chi connectivity index (χ4n) is 2.29. The number of halogens is 2. The molecule has 4 heteroatoms. The largest absolute Gasteiger partial charge is 0.310 e. The maximum atomic E-state index is 12.3. The van der Waals surface area contributed by atoms with E-state index in [1.54, 1.807) is 0 Å². The van der Waals surface area contributed by atoms with Crippen molar-refractivity contribution in [3.05, 3.63) is 0 Å². The lowest BCUT2D eigenvalue weighted by Gasteiger charge is -2.35. The minimum atomic E-state index is -2.21. The third kappa shape index (κ3) is 3.68. The monoisotopic (exact) mass is 220 g/mol. The average molecular weight is 220 g/mol. The molecule has 1 heterocycles. The van der Waals surface area contributed by atoms with Crippen molar-refractivity contribution in [2.75, 3.05) is 26.2 Å². The molecule has 0 aromatic carbocycles. The smallest absolute Gasteiger partial charge is 0.251 e. The number of hydrogen-bond acceptors (Lipinski definition) is 2. The van der Waals surface area contributed by atoms with Gasteiger partial charge in [-0.1, -0.05) is 13.8 Å². The molecular weight excluding hydrogens is 198 g/mol. The molecule has 0 bridgehead atoms. The lowest BCUT2D eigenvalue weighted by molar-refractivity contribution is 0.0765. The van der Waals surface area contributed by atoms with Gasteiger partial charge in [-0.2, -0.15) is 0 Å². The van der Waals surface area contributed by atoms with Crippen LogP contribution in [0.5, 0.6) is 0 Å². The van der Waals surface area contributed by atoms with E-state index in [9.17, 15) is 8.78 Å². The number of alkyl halides is 2. The summed E-state index contributed by atoms with van der Waals surface area (Å²) in [6.07, 6.45) is 0.760. The quantitative estimate of drug-likeness (QED) is 0.780. The van der Waals surface area contributed by atoms with Crippen LogP contribution < -0.4 is 5.32 Å². The Balaban J connectivity index is 2.59. The fraction of sp³-hybridized carbons (Fsp3) is 1.00. The molecule has 0 aromatic heterocycles. The van der Waals surface area contributed by atoms with Crippen molar-refractivity contribution in [3.63, 3.8) is 0 Å². The first kappa shape index (κ1) is 12.8. The topological polar surface area (TPSA) is 15.3 Å². The zero-order valence-electron chi connectivity index (χ0n) is 9.73. The van der Waals surface area contributed by atoms with Gasteiger partial charge in [-0.25, -0.2) is 8.78 Å². The molecule has 1 aliphatic rings. The number of hydrogen-bond donors (Lipinski definition) is 1. The van der Waals surface area contributed by atoms with Gasteiger partial charge in [0, 0.05) is 12.1 Å². The van der Waals surface area contributed by atoms with Crippen molar-refractivity contribution < 1.29 is 8.78 Å². The first-order chi connectivity index (χ1) is 7.12. The summed E-state index contributed by atoms with van der Waals surface area (Å²) in [5.74, 6) is 0. The van der Waals surface area contributed by atoms with Crippen LogP contribution in [0, 0.1) is 0 Å². The lowest BCUT2D eigenvalue weighted by atomic mass is 9.92. The lowest BCUT2D eigenvalue weighted by Crippen LogP contribution is -2.51. The van der Waals surface area contributed by atoms with Crippen LogP contribution in [0.25, 0.3) is 0 Å². The Labute approximate surface area is 91.0 Å². The molecule has 1 N–H and O–H groups in total. The number of nitrogens with zero attached hydrogens (tertiary/aromatic N) is 1. The van der Waals surface area contributed by atoms with Crippen LogP contribution in [-0.4, -0.2) is 43.0 Å². The molecule has 0 saturated carbocycles. The Bertz CT molecular complexity index is 181. The van der Waals surface area contributed by atoms with Crippen molar-refractivity contribution in [1.82, 2.24) is 10.2 Å². The van der Waals surface area contributed by atoms with Gasteiger partial charge in [-0.3, -0.25) is 4.90 Å². The summed E-state index contributed by atoms with van der Waals surface area (Å²) in [5.41, 5.74) is 0.0470. The van der Waals surface area contributed by atoms with Gasteiger partial charge in [0.05, 0.1) is 6.54 Å². The van der Waals surface area contributed by atoms with Crippen LogP contribution in [0.1, 0.15) is 33.1 Å². The van der Waals surface area contributed by atoms with Crippen molar-refractivity contribution in [2.45, 2.75) is 45.1 Å². The molecule has 90 valence electrons. The van der Waals surface area contributed by atoms with E-state index < -0.39 is 6.43 Å². The zero-order valence-corrected chi connectivity index (χ0v) is 9.73. The number of nitrogens with one attached hydrogen (secondary N) is 1. The zero-order chi connectivity index (χ0) is 11.3. The molecule has 1 fully saturated rings. The van der Waals surface area contributed by atoms with Crippen LogP contribution >= 0.6 is 0 Å². The Kier molecular flexibility index (Phi) is 4.93. The second-order valence-electron chi connectivity index (χ2n) is 4.39. The second-order valence-corrected chi connectivity index (χ2v) is 4.39. The molecule has 0 radical (unpaired) electrons. The summed E-state index contributed by atoms with van der Waals surface area (Å²) in [4.78, 5) is 1.90. The van der Waals surface area contributed by atoms with Crippen molar-refractivity contribution in [2.24, 2.45) is 0 Å². The van der Waals surface area contributed by atoms with Gasteiger partial charge in [-0.15, -0.1) is 0 Å². The van der Waals surface area contributed by atoms with Crippen LogP contribution in [0.2, 0.25) is 0 Å². The molecule has 1 saturated heterocycles. The summed E-state index contributed by atoms with van der Waals surface area (Å²) < 4.78 is 24.7. The molecule has 0 atom stereocenters. The van der Waals surface area contributed by atoms with Gasteiger partial charge in [0.15, 0.2) is 0 Å². The highest BCUT2D eigenvalue weighted by atomic mass is 19.3. The molecular formula is C11H22F2N2. The van der Waals surface area contributed by atoms with E-state index in [2.05, 4.69) is 19.2 Å². The Morgan fingerprint density at radius 1 is 1.33 bits per heavy atom. The second kappa shape index (κ2) is 5.75. The highest BCUT2D eigenvalue weighted by Crippen LogP contribution is 2.20. The summed E-state index contributed by atoms with van der Waals surface area (Å²) >= 11 is 0. The first-order valence-corrected chi connectivity index (χ1v) is 5.87. The maximum Gasteiger partial charge on any atom is 0.251 e. The van der Waals surface area contributed by atoms with Gasteiger partial charge in [0.1, 0.15) is 0 Å². The molecule has 1 rings (SSSR count). The Morgan fingerprint density at radius 2 is 2.00 bits per heavy atom. The van der Waals surface area contributed by atoms with Crippen molar-refractivity contribution in [1.29, 1.82) is 0 Å². The van der Waals surface area contributed by atoms with E-state index >= 15 is 0 Å². The molecule has 0 amide bonds. The molecule has 1 aliphatic heterocycles. The van der Waals surface area contributed by atoms with Gasteiger partial charge in [0.2, 0.25) is 0 Å². The van der Waals surface area contributed by atoms with E-state index in [4.69, 9.17) is 0 Å². The molecule has 2 nitrogen and oxygen atoms in total. The molecule has 0 aliphatic carbocycles. The van der Waals surface area contributed by atoms with Crippen molar-refractivity contribution >= 4 is 0 Å². The Morgan fingerprint density at radius 3 is 2.53 bits per heavy atom. The highest BCUT2D eigenvalue weighted by molar-refractivity contribution is 4.91. The van der Waals surface area contributed by atoms with Crippen LogP contribution in [0.3, 0.4) is 0 Å². The van der Waals surface area contributed by atoms with Crippen LogP contribution in [-0.2, 0) is 0 Å². The van der Waals surface area contributed by atoms with E-state index in [-0.39, 0.29) is 12.1 Å². The minimum Gasteiger partial charge on any atom is -0.310 e. The van der Waals surface area contributed by atoms with Gasteiger partial charge >= 0.3 is 0 Å². The van der Waals surface area contributed by atoms with Crippen LogP contribution in [0.15, 0.2) is 0 Å². The highest BCUT2D eigenvalue weighted by Gasteiger charge is 2.30. The molecule has 0 spiro atoms. The minimum absolute atomic E-state index is 0.0470. The Hall–Kier alpha value is -0.220. The summed E-state index contributed by atoms with van der Waals surface area (Å²) in [5, 5.41) is 3.51. The summed E-state index contributed by atoms with van der Waals surface area (Å²) in [7, 11) is 0. The molecule has 0 unspecified atom stereocenters. The fourth-order valence-corrected chi connectivity index (χ4v) is 2.29. The molecule has 0 aromatic rings. The molecule has 15 heavy (non-hydrogen) atoms. The SMILES string of the molecule is CCC1(CC)CN(CC(F)F)CCCN1. The standard InChI is InChI=1S/C11H22F2N2/c1-3-11(4-2)9-15(8-10(12)13)7-5-6-14-11/h10,14H,3-9H2,1-2H3. The number of rotatable bonds is 4. The predicted molar refractivity (Wildman–Crippen MR) is 58.4 cm³/mol. The van der Waals surface area contributed by atoms with E-state index in [0.717, 1.165) is 38.9 Å². The summed E-state index contributed by atoms with van der Waals surface area (Å²) in [6.45, 7) is 6.67. The van der Waals surface area contributed by atoms with Gasteiger partial charge in [-0.05, 0) is 32.4 Å². The van der Waals surface area contributed by atoms with E-state index in [1.807, 2.05) is 4.90 Å². The summed E-state index contributed by atoms with van der Waals surface area (Å²) in [6, 6.07) is 0. The normalized spacial score (nSPS) is 23.0. The average Bonchev–Trinajstić information content (AvgIpc) is 2.40. The first-order valence-electron chi connectivity index (χ1n) is 5.87. The third-order valence-electron chi connectivity index (χ3n) is 3.43. The third-order valence-corrected chi connectivity index (χ3v) is 3.43. The van der Waals surface area contributed by atoms with Gasteiger partial charge in [0.25, 0.3) is 6.43 Å². The predicted octanol–water partition coefficient (Wildman–Crippen LogP) is 2.11. The van der Waals surface area contributed by atoms with Gasteiger partial charge < -0.3 is 5.32 Å².